The number of sulfonamides is 1. The zero-order valence-electron chi connectivity index (χ0n) is 12.5. The van der Waals surface area contributed by atoms with Gasteiger partial charge in [0.05, 0.1) is 11.4 Å². The van der Waals surface area contributed by atoms with E-state index in [1.165, 1.54) is 30.3 Å². The Bertz CT molecular complexity index is 865. The molecule has 6 nitrogen and oxygen atoms in total. The quantitative estimate of drug-likeness (QED) is 0.830. The largest absolute Gasteiger partial charge is 0.486 e. The van der Waals surface area contributed by atoms with E-state index >= 15 is 0 Å². The highest BCUT2D eigenvalue weighted by molar-refractivity contribution is 7.89. The number of hydrogen-bond donors (Lipinski definition) is 1. The first-order valence-electron chi connectivity index (χ1n) is 7.14. The molecule has 1 heterocycles. The second-order valence-corrected chi connectivity index (χ2v) is 6.83. The van der Waals surface area contributed by atoms with Crippen molar-refractivity contribution >= 4 is 15.8 Å². The van der Waals surface area contributed by atoms with E-state index in [0.717, 1.165) is 12.1 Å². The first-order valence-corrected chi connectivity index (χ1v) is 8.62. The van der Waals surface area contributed by atoms with E-state index in [2.05, 4.69) is 4.72 Å². The predicted molar refractivity (Wildman–Crippen MR) is 83.4 cm³/mol. The van der Waals surface area contributed by atoms with Crippen molar-refractivity contribution in [2.75, 3.05) is 19.8 Å². The number of Topliss-reactive ketones (excluding diaryl/α,β-unsaturated/α-hetero) is 1. The molecular weight excluding hydrogens is 337 g/mol. The fraction of sp³-hybridized carbons (Fsp3) is 0.188. The third kappa shape index (κ3) is 3.55. The molecule has 1 N–H and O–H groups in total. The van der Waals surface area contributed by atoms with Gasteiger partial charge in [-0.3, -0.25) is 4.79 Å². The van der Waals surface area contributed by atoms with Crippen LogP contribution < -0.4 is 14.2 Å². The van der Waals surface area contributed by atoms with Crippen molar-refractivity contribution in [3.8, 4) is 11.5 Å². The Morgan fingerprint density at radius 2 is 1.71 bits per heavy atom. The second-order valence-electron chi connectivity index (χ2n) is 5.06. The van der Waals surface area contributed by atoms with Crippen LogP contribution in [0.5, 0.6) is 11.5 Å². The van der Waals surface area contributed by atoms with Crippen LogP contribution in [0.25, 0.3) is 0 Å². The molecule has 24 heavy (non-hydrogen) atoms. The fourth-order valence-electron chi connectivity index (χ4n) is 2.17. The van der Waals surface area contributed by atoms with Crippen molar-refractivity contribution in [2.45, 2.75) is 4.90 Å². The minimum atomic E-state index is -3.89. The maximum absolute atomic E-state index is 12.8. The number of fused-ring (bicyclic) bond motifs is 1. The number of benzene rings is 2. The van der Waals surface area contributed by atoms with Crippen molar-refractivity contribution in [3.05, 3.63) is 53.8 Å². The van der Waals surface area contributed by atoms with E-state index in [0.29, 0.717) is 24.7 Å². The first kappa shape index (κ1) is 16.4. The molecule has 8 heteroatoms. The van der Waals surface area contributed by atoms with Gasteiger partial charge in [-0.1, -0.05) is 0 Å². The molecule has 1 aliphatic rings. The number of carbonyl (C=O) groups excluding carboxylic acids is 1. The Hall–Kier alpha value is -2.45. The van der Waals surface area contributed by atoms with Crippen LogP contribution in [0.15, 0.2) is 47.4 Å². The van der Waals surface area contributed by atoms with E-state index in [9.17, 15) is 17.6 Å². The molecule has 0 aliphatic carbocycles. The maximum Gasteiger partial charge on any atom is 0.241 e. The molecule has 3 rings (SSSR count). The van der Waals surface area contributed by atoms with Crippen LogP contribution in [0, 0.1) is 5.82 Å². The molecule has 0 spiro atoms. The monoisotopic (exact) mass is 351 g/mol. The van der Waals surface area contributed by atoms with E-state index in [4.69, 9.17) is 9.47 Å². The highest BCUT2D eigenvalue weighted by atomic mass is 32.2. The minimum absolute atomic E-state index is 0.0290. The summed E-state index contributed by atoms with van der Waals surface area (Å²) in [5, 5.41) is 0. The molecule has 0 atom stereocenters. The van der Waals surface area contributed by atoms with Crippen LogP contribution in [0.1, 0.15) is 10.4 Å². The number of hydrogen-bond acceptors (Lipinski definition) is 5. The summed E-state index contributed by atoms with van der Waals surface area (Å²) in [6.07, 6.45) is 0. The fourth-order valence-corrected chi connectivity index (χ4v) is 3.17. The van der Waals surface area contributed by atoms with Crippen molar-refractivity contribution in [3.63, 3.8) is 0 Å². The lowest BCUT2D eigenvalue weighted by Crippen LogP contribution is -2.29. The lowest BCUT2D eigenvalue weighted by Gasteiger charge is -2.18. The number of rotatable bonds is 5. The van der Waals surface area contributed by atoms with E-state index < -0.39 is 28.2 Å². The lowest BCUT2D eigenvalue weighted by molar-refractivity contribution is 0.0997. The van der Waals surface area contributed by atoms with Crippen LogP contribution in [0.2, 0.25) is 0 Å². The summed E-state index contributed by atoms with van der Waals surface area (Å²) in [6, 6.07) is 9.11. The number of nitrogens with one attached hydrogen (secondary N) is 1. The minimum Gasteiger partial charge on any atom is -0.486 e. The van der Waals surface area contributed by atoms with Crippen molar-refractivity contribution in [1.82, 2.24) is 4.72 Å². The molecule has 2 aromatic rings. The zero-order valence-corrected chi connectivity index (χ0v) is 13.3. The van der Waals surface area contributed by atoms with Gasteiger partial charge in [0, 0.05) is 11.6 Å². The third-order valence-electron chi connectivity index (χ3n) is 3.41. The SMILES string of the molecule is O=C(CNS(=O)(=O)c1ccc2c(c1)OCCO2)c1ccc(F)cc1. The van der Waals surface area contributed by atoms with Crippen molar-refractivity contribution < 1.29 is 27.1 Å². The molecule has 0 amide bonds. The molecule has 0 fully saturated rings. The highest BCUT2D eigenvalue weighted by Gasteiger charge is 2.20. The van der Waals surface area contributed by atoms with Crippen LogP contribution in [0.3, 0.4) is 0 Å². The van der Waals surface area contributed by atoms with Crippen LogP contribution in [0.4, 0.5) is 4.39 Å². The zero-order chi connectivity index (χ0) is 17.2. The van der Waals surface area contributed by atoms with Crippen LogP contribution in [-0.2, 0) is 10.0 Å². The average molecular weight is 351 g/mol. The molecule has 2 aromatic carbocycles. The molecule has 1 aliphatic heterocycles. The Labute approximate surface area is 138 Å². The molecule has 0 saturated carbocycles. The van der Waals surface area contributed by atoms with Gasteiger partial charge in [-0.05, 0) is 36.4 Å². The van der Waals surface area contributed by atoms with Gasteiger partial charge >= 0.3 is 0 Å². The molecule has 126 valence electrons. The van der Waals surface area contributed by atoms with Gasteiger partial charge in [-0.15, -0.1) is 0 Å². The standard InChI is InChI=1S/C16H14FNO5S/c17-12-3-1-11(2-4-12)14(19)10-18-24(20,21)13-5-6-15-16(9-13)23-8-7-22-15/h1-6,9,18H,7-8,10H2. The van der Waals surface area contributed by atoms with E-state index in [1.807, 2.05) is 0 Å². The summed E-state index contributed by atoms with van der Waals surface area (Å²) in [5.74, 6) is -0.115. The summed E-state index contributed by atoms with van der Waals surface area (Å²) >= 11 is 0. The molecule has 0 saturated heterocycles. The Kier molecular flexibility index (Phi) is 4.50. The summed E-state index contributed by atoms with van der Waals surface area (Å²) in [4.78, 5) is 11.9. The number of ether oxygens (including phenoxy) is 2. The van der Waals surface area contributed by atoms with Crippen LogP contribution >= 0.6 is 0 Å². The van der Waals surface area contributed by atoms with Crippen molar-refractivity contribution in [1.29, 1.82) is 0 Å². The average Bonchev–Trinajstić information content (AvgIpc) is 2.60. The first-order chi connectivity index (χ1) is 11.5. The van der Waals surface area contributed by atoms with E-state index in [1.54, 1.807) is 0 Å². The lowest BCUT2D eigenvalue weighted by atomic mass is 10.1. The number of halogens is 1. The molecule has 0 bridgehead atoms. The number of ketones is 1. The summed E-state index contributed by atoms with van der Waals surface area (Å²) < 4.78 is 50.3. The topological polar surface area (TPSA) is 81.7 Å². The Morgan fingerprint density at radius 1 is 1.04 bits per heavy atom. The normalized spacial score (nSPS) is 13.5. The predicted octanol–water partition coefficient (Wildman–Crippen LogP) is 1.76. The van der Waals surface area contributed by atoms with Crippen molar-refractivity contribution in [2.24, 2.45) is 0 Å². The smallest absolute Gasteiger partial charge is 0.241 e. The van der Waals surface area contributed by atoms with Gasteiger partial charge in [-0.25, -0.2) is 17.5 Å². The van der Waals surface area contributed by atoms with Gasteiger partial charge in [-0.2, -0.15) is 0 Å². The maximum atomic E-state index is 12.8. The third-order valence-corrected chi connectivity index (χ3v) is 4.81. The van der Waals surface area contributed by atoms with Gasteiger partial charge in [0.25, 0.3) is 0 Å². The summed E-state index contributed by atoms with van der Waals surface area (Å²) in [7, 11) is -3.89. The molecule has 0 radical (unpaired) electrons. The second kappa shape index (κ2) is 6.58. The van der Waals surface area contributed by atoms with E-state index in [-0.39, 0.29) is 10.5 Å². The van der Waals surface area contributed by atoms with Gasteiger partial charge < -0.3 is 9.47 Å². The molecule has 0 aromatic heterocycles. The molecular formula is C16H14FNO5S. The van der Waals surface area contributed by atoms with Gasteiger partial charge in [0.15, 0.2) is 17.3 Å². The summed E-state index contributed by atoms with van der Waals surface area (Å²) in [5.41, 5.74) is 0.223. The molecule has 0 unspecified atom stereocenters. The Morgan fingerprint density at radius 3 is 2.42 bits per heavy atom. The highest BCUT2D eigenvalue weighted by Crippen LogP contribution is 2.32. The van der Waals surface area contributed by atoms with Gasteiger partial charge in [0.1, 0.15) is 19.0 Å². The van der Waals surface area contributed by atoms with Gasteiger partial charge in [0.2, 0.25) is 10.0 Å². The Balaban J connectivity index is 1.72. The summed E-state index contributed by atoms with van der Waals surface area (Å²) in [6.45, 7) is 0.318. The van der Waals surface area contributed by atoms with Crippen LogP contribution in [-0.4, -0.2) is 34.0 Å². The number of carbonyl (C=O) groups is 1.